The van der Waals surface area contributed by atoms with Crippen LogP contribution >= 0.6 is 0 Å². The molecule has 0 aliphatic carbocycles. The van der Waals surface area contributed by atoms with E-state index in [2.05, 4.69) is 9.98 Å². The van der Waals surface area contributed by atoms with E-state index < -0.39 is 49.8 Å². The largest absolute Gasteiger partial charge is 0.480 e. The summed E-state index contributed by atoms with van der Waals surface area (Å²) in [6, 6.07) is -0.115. The lowest BCUT2D eigenvalue weighted by atomic mass is 10.1. The first-order valence-electron chi connectivity index (χ1n) is 6.73. The van der Waals surface area contributed by atoms with Crippen molar-refractivity contribution in [1.29, 1.82) is 0 Å². The molecule has 2 rings (SSSR count). The maximum atomic E-state index is 11.0. The van der Waals surface area contributed by atoms with Gasteiger partial charge >= 0.3 is 5.97 Å². The van der Waals surface area contributed by atoms with Crippen molar-refractivity contribution < 1.29 is 35.1 Å². The second-order valence-corrected chi connectivity index (χ2v) is 4.95. The molecule has 23 heavy (non-hydrogen) atoms. The zero-order valence-electron chi connectivity index (χ0n) is 11.9. The second kappa shape index (κ2) is 7.02. The zero-order chi connectivity index (χ0) is 17.1. The van der Waals surface area contributed by atoms with Gasteiger partial charge in [0.15, 0.2) is 12.3 Å². The summed E-state index contributed by atoms with van der Waals surface area (Å²) >= 11 is 0. The van der Waals surface area contributed by atoms with Gasteiger partial charge in [0, 0.05) is 6.20 Å². The zero-order valence-corrected chi connectivity index (χ0v) is 11.9. The molecule has 1 fully saturated rings. The Morgan fingerprint density at radius 2 is 2.13 bits per heavy atom. The van der Waals surface area contributed by atoms with Crippen molar-refractivity contribution in [3.8, 4) is 0 Å². The molecule has 0 bridgehead atoms. The summed E-state index contributed by atoms with van der Waals surface area (Å²) < 4.78 is 6.51. The Kier molecular flexibility index (Phi) is 5.28. The molecule has 1 aromatic heterocycles. The monoisotopic (exact) mass is 330 g/mol. The van der Waals surface area contributed by atoms with Crippen molar-refractivity contribution >= 4 is 11.8 Å². The summed E-state index contributed by atoms with van der Waals surface area (Å²) in [6.07, 6.45) is -3.55. The summed E-state index contributed by atoms with van der Waals surface area (Å²) in [5.74, 6) is -1.33. The van der Waals surface area contributed by atoms with E-state index in [9.17, 15) is 15.0 Å². The Morgan fingerprint density at radius 3 is 2.65 bits per heavy atom. The van der Waals surface area contributed by atoms with Crippen LogP contribution in [-0.2, 0) is 9.53 Å². The van der Waals surface area contributed by atoms with E-state index in [1.165, 1.54) is 16.8 Å². The van der Waals surface area contributed by atoms with Crippen molar-refractivity contribution in [3.63, 3.8) is 0 Å². The van der Waals surface area contributed by atoms with Gasteiger partial charge in [-0.05, 0) is 6.07 Å². The Labute approximate surface area is 129 Å². The number of carboxylic acid groups (broad SMARTS) is 1. The van der Waals surface area contributed by atoms with E-state index in [1.807, 2.05) is 0 Å². The maximum absolute atomic E-state index is 11.0. The molecule has 7 N–H and O–H groups in total. The number of carbonyl (C=O) groups is 1. The molecule has 11 nitrogen and oxygen atoms in total. The third-order valence-corrected chi connectivity index (χ3v) is 3.39. The van der Waals surface area contributed by atoms with Crippen molar-refractivity contribution in [1.82, 2.24) is 9.55 Å². The number of aromatic nitrogens is 2. The molecule has 128 valence electrons. The minimum Gasteiger partial charge on any atom is -0.480 e. The first-order valence-corrected chi connectivity index (χ1v) is 6.73. The number of nitrogens with two attached hydrogens (primary N) is 1. The quantitative estimate of drug-likeness (QED) is 0.318. The highest BCUT2D eigenvalue weighted by Crippen LogP contribution is 2.28. The van der Waals surface area contributed by atoms with Crippen LogP contribution < -0.4 is 11.4 Å². The predicted octanol–water partition coefficient (Wildman–Crippen LogP) is -3.58. The van der Waals surface area contributed by atoms with Crippen molar-refractivity contribution in [2.24, 2.45) is 4.99 Å². The standard InChI is InChI=1S/C12H18N4O7/c13-7-1-2-16(10-9(20)8(19)6(4-18)23-10)12(15-7)14-5(3-17)11(21)22/h1-2,5-6,8-10,17-20H,3-4H2,(H,21,22)(H2,13,14,15). The van der Waals surface area contributed by atoms with Crippen LogP contribution in [0, 0.1) is 0 Å². The van der Waals surface area contributed by atoms with Crippen molar-refractivity contribution in [2.45, 2.75) is 30.6 Å². The van der Waals surface area contributed by atoms with Gasteiger partial charge in [0.25, 0.3) is 0 Å². The van der Waals surface area contributed by atoms with Crippen LogP contribution in [0.4, 0.5) is 5.82 Å². The van der Waals surface area contributed by atoms with Crippen LogP contribution in [0.25, 0.3) is 0 Å². The topological polar surface area (TPSA) is 184 Å². The molecular weight excluding hydrogens is 312 g/mol. The third kappa shape index (κ3) is 3.48. The van der Waals surface area contributed by atoms with Crippen LogP contribution in [0.2, 0.25) is 0 Å². The van der Waals surface area contributed by atoms with E-state index in [0.717, 1.165) is 0 Å². The molecule has 11 heteroatoms. The average Bonchev–Trinajstić information content (AvgIpc) is 2.80. The lowest BCUT2D eigenvalue weighted by Gasteiger charge is -2.19. The minimum atomic E-state index is -1.48. The van der Waals surface area contributed by atoms with Crippen LogP contribution in [0.3, 0.4) is 0 Å². The highest BCUT2D eigenvalue weighted by molar-refractivity contribution is 5.73. The fraction of sp³-hybridized carbons (Fsp3) is 0.583. The molecular formula is C12H18N4O7. The molecule has 0 amide bonds. The number of anilines is 1. The number of carboxylic acids is 1. The lowest BCUT2D eigenvalue weighted by Crippen LogP contribution is -2.38. The summed E-state index contributed by atoms with van der Waals surface area (Å²) in [7, 11) is 0. The van der Waals surface area contributed by atoms with Gasteiger partial charge in [-0.25, -0.2) is 9.79 Å². The highest BCUT2D eigenvalue weighted by atomic mass is 16.6. The van der Waals surface area contributed by atoms with Crippen LogP contribution in [0.1, 0.15) is 6.23 Å². The molecule has 5 unspecified atom stereocenters. The van der Waals surface area contributed by atoms with Crippen LogP contribution in [0.15, 0.2) is 17.3 Å². The van der Waals surface area contributed by atoms with E-state index in [1.54, 1.807) is 0 Å². The number of rotatable bonds is 5. The van der Waals surface area contributed by atoms with Crippen molar-refractivity contribution in [2.75, 3.05) is 18.9 Å². The normalized spacial score (nSPS) is 29.7. The Balaban J connectivity index is 2.48. The SMILES string of the molecule is Nc1ccn(C2OC(CO)C(O)C2O)c(=NC(CO)C(=O)O)n1. The van der Waals surface area contributed by atoms with E-state index in [0.29, 0.717) is 0 Å². The predicted molar refractivity (Wildman–Crippen MR) is 73.7 cm³/mol. The number of hydrogen-bond acceptors (Lipinski definition) is 9. The van der Waals surface area contributed by atoms with E-state index in [-0.39, 0.29) is 11.4 Å². The van der Waals surface area contributed by atoms with Crippen LogP contribution in [0.5, 0.6) is 0 Å². The molecule has 2 heterocycles. The summed E-state index contributed by atoms with van der Waals surface area (Å²) in [6.45, 7) is -1.28. The van der Waals surface area contributed by atoms with Gasteiger partial charge in [0.1, 0.15) is 24.1 Å². The summed E-state index contributed by atoms with van der Waals surface area (Å²) in [5.41, 5.74) is 5.34. The highest BCUT2D eigenvalue weighted by Gasteiger charge is 2.43. The molecule has 0 aromatic carbocycles. The second-order valence-electron chi connectivity index (χ2n) is 4.95. The van der Waals surface area contributed by atoms with Gasteiger partial charge < -0.3 is 36.0 Å². The number of ether oxygens (including phenoxy) is 1. The molecule has 1 saturated heterocycles. The molecule has 0 radical (unpaired) electrons. The fourth-order valence-electron chi connectivity index (χ4n) is 2.15. The van der Waals surface area contributed by atoms with E-state index >= 15 is 0 Å². The molecule has 5 atom stereocenters. The molecule has 0 spiro atoms. The van der Waals surface area contributed by atoms with Crippen molar-refractivity contribution in [3.05, 3.63) is 17.9 Å². The number of aliphatic carboxylic acids is 1. The molecule has 0 saturated carbocycles. The van der Waals surface area contributed by atoms with Gasteiger partial charge in [-0.15, -0.1) is 0 Å². The maximum Gasteiger partial charge on any atom is 0.330 e. The molecule has 1 aliphatic rings. The first-order chi connectivity index (χ1) is 10.9. The smallest absolute Gasteiger partial charge is 0.330 e. The Morgan fingerprint density at radius 1 is 1.43 bits per heavy atom. The molecule has 1 aliphatic heterocycles. The van der Waals surface area contributed by atoms with Gasteiger partial charge in [0.2, 0.25) is 5.62 Å². The van der Waals surface area contributed by atoms with E-state index in [4.69, 9.17) is 25.8 Å². The fourth-order valence-corrected chi connectivity index (χ4v) is 2.15. The van der Waals surface area contributed by atoms with Gasteiger partial charge in [-0.2, -0.15) is 4.98 Å². The van der Waals surface area contributed by atoms with Gasteiger partial charge in [0.05, 0.1) is 13.2 Å². The number of nitrogens with zero attached hydrogens (tertiary/aromatic N) is 3. The number of nitrogen functional groups attached to an aromatic ring is 1. The Bertz CT molecular complexity index is 634. The first kappa shape index (κ1) is 17.3. The van der Waals surface area contributed by atoms with Crippen LogP contribution in [-0.4, -0.2) is 78.6 Å². The van der Waals surface area contributed by atoms with Gasteiger partial charge in [-0.3, -0.25) is 4.57 Å². The number of hydrogen-bond donors (Lipinski definition) is 6. The summed E-state index contributed by atoms with van der Waals surface area (Å²) in [5, 5.41) is 47.0. The number of aliphatic hydroxyl groups is 4. The number of aliphatic hydroxyl groups excluding tert-OH is 4. The Hall–Kier alpha value is -2.05. The third-order valence-electron chi connectivity index (χ3n) is 3.39. The molecule has 1 aromatic rings. The summed E-state index contributed by atoms with van der Waals surface area (Å²) in [4.78, 5) is 18.6. The lowest BCUT2D eigenvalue weighted by molar-refractivity contribution is -0.139. The minimum absolute atomic E-state index is 0.0359. The average molecular weight is 330 g/mol. The van der Waals surface area contributed by atoms with Gasteiger partial charge in [-0.1, -0.05) is 0 Å².